The van der Waals surface area contributed by atoms with E-state index in [1.165, 1.54) is 25.7 Å². The van der Waals surface area contributed by atoms with E-state index in [2.05, 4.69) is 21.5 Å². The minimum absolute atomic E-state index is 0.622. The van der Waals surface area contributed by atoms with E-state index in [-0.39, 0.29) is 0 Å². The lowest BCUT2D eigenvalue weighted by Crippen LogP contribution is -2.19. The Morgan fingerprint density at radius 2 is 2.33 bits per heavy atom. The molecule has 0 aliphatic heterocycles. The Morgan fingerprint density at radius 3 is 3.17 bits per heavy atom. The first-order chi connectivity index (χ1) is 8.74. The van der Waals surface area contributed by atoms with Gasteiger partial charge in [-0.25, -0.2) is 4.98 Å². The number of aromatic nitrogens is 3. The normalized spacial score (nSPS) is 24.5. The van der Waals surface area contributed by atoms with Crippen molar-refractivity contribution in [2.75, 3.05) is 5.73 Å². The number of pyridine rings is 1. The standard InChI is InChI=1S/C14H20N4/c1-10-3-2-4-11(7-10)9-18-13-5-6-16-8-12(13)17-14(18)15/h5-6,8,10-11H,2-4,7,9H2,1H3,(H2,15,17). The summed E-state index contributed by atoms with van der Waals surface area (Å²) in [4.78, 5) is 8.47. The van der Waals surface area contributed by atoms with E-state index in [1.54, 1.807) is 6.20 Å². The highest BCUT2D eigenvalue weighted by molar-refractivity contribution is 5.76. The first-order valence-electron chi connectivity index (χ1n) is 6.80. The fraction of sp³-hybridized carbons (Fsp3) is 0.571. The second-order valence-electron chi connectivity index (χ2n) is 5.58. The Hall–Kier alpha value is -1.58. The molecule has 1 fully saturated rings. The molecule has 2 unspecified atom stereocenters. The molecule has 2 aromatic rings. The Labute approximate surface area is 107 Å². The zero-order valence-electron chi connectivity index (χ0n) is 10.8. The molecule has 0 aromatic carbocycles. The van der Waals surface area contributed by atoms with Crippen molar-refractivity contribution in [2.24, 2.45) is 11.8 Å². The third-order valence-electron chi connectivity index (χ3n) is 4.07. The monoisotopic (exact) mass is 244 g/mol. The summed E-state index contributed by atoms with van der Waals surface area (Å²) in [5, 5.41) is 0. The van der Waals surface area contributed by atoms with Crippen LogP contribution in [0.5, 0.6) is 0 Å². The van der Waals surface area contributed by atoms with E-state index in [0.29, 0.717) is 5.95 Å². The molecule has 1 saturated carbocycles. The number of nitrogens with two attached hydrogens (primary N) is 1. The van der Waals surface area contributed by atoms with Crippen molar-refractivity contribution in [1.82, 2.24) is 14.5 Å². The minimum Gasteiger partial charge on any atom is -0.369 e. The maximum atomic E-state index is 6.03. The number of anilines is 1. The number of imidazole rings is 1. The van der Waals surface area contributed by atoms with Gasteiger partial charge in [0.1, 0.15) is 5.52 Å². The number of nitrogens with zero attached hydrogens (tertiary/aromatic N) is 3. The van der Waals surface area contributed by atoms with Gasteiger partial charge in [0.2, 0.25) is 5.95 Å². The SMILES string of the molecule is CC1CCCC(Cn2c(N)nc3cnccc32)C1. The Morgan fingerprint density at radius 1 is 1.44 bits per heavy atom. The summed E-state index contributed by atoms with van der Waals surface area (Å²) in [7, 11) is 0. The van der Waals surface area contributed by atoms with E-state index in [4.69, 9.17) is 5.73 Å². The van der Waals surface area contributed by atoms with Gasteiger partial charge >= 0.3 is 0 Å². The van der Waals surface area contributed by atoms with Crippen LogP contribution in [0.15, 0.2) is 18.5 Å². The van der Waals surface area contributed by atoms with Crippen molar-refractivity contribution in [3.63, 3.8) is 0 Å². The summed E-state index contributed by atoms with van der Waals surface area (Å²) >= 11 is 0. The third-order valence-corrected chi connectivity index (χ3v) is 4.07. The molecule has 3 rings (SSSR count). The lowest BCUT2D eigenvalue weighted by Gasteiger charge is -2.27. The van der Waals surface area contributed by atoms with E-state index in [0.717, 1.165) is 29.4 Å². The van der Waals surface area contributed by atoms with Crippen molar-refractivity contribution in [3.8, 4) is 0 Å². The van der Waals surface area contributed by atoms with Crippen molar-refractivity contribution in [2.45, 2.75) is 39.2 Å². The highest BCUT2D eigenvalue weighted by Gasteiger charge is 2.20. The zero-order valence-corrected chi connectivity index (χ0v) is 10.8. The molecule has 2 aromatic heterocycles. The second kappa shape index (κ2) is 4.59. The first-order valence-corrected chi connectivity index (χ1v) is 6.80. The largest absolute Gasteiger partial charge is 0.369 e. The summed E-state index contributed by atoms with van der Waals surface area (Å²) in [5.74, 6) is 2.21. The van der Waals surface area contributed by atoms with Gasteiger partial charge in [-0.3, -0.25) is 4.98 Å². The molecular weight excluding hydrogens is 224 g/mol. The molecule has 0 amide bonds. The van der Waals surface area contributed by atoms with Gasteiger partial charge in [0.25, 0.3) is 0 Å². The quantitative estimate of drug-likeness (QED) is 0.883. The van der Waals surface area contributed by atoms with Crippen molar-refractivity contribution in [1.29, 1.82) is 0 Å². The van der Waals surface area contributed by atoms with E-state index >= 15 is 0 Å². The topological polar surface area (TPSA) is 56.7 Å². The minimum atomic E-state index is 0.622. The fourth-order valence-electron chi connectivity index (χ4n) is 3.18. The molecule has 4 nitrogen and oxygen atoms in total. The first kappa shape index (κ1) is 11.5. The van der Waals surface area contributed by atoms with Crippen molar-refractivity contribution >= 4 is 17.0 Å². The Balaban J connectivity index is 1.87. The van der Waals surface area contributed by atoms with E-state index in [1.807, 2.05) is 12.3 Å². The van der Waals surface area contributed by atoms with Gasteiger partial charge in [0.15, 0.2) is 0 Å². The number of fused-ring (bicyclic) bond motifs is 1. The maximum absolute atomic E-state index is 6.03. The predicted molar refractivity (Wildman–Crippen MR) is 73.1 cm³/mol. The highest BCUT2D eigenvalue weighted by atomic mass is 15.2. The van der Waals surface area contributed by atoms with Gasteiger partial charge in [-0.15, -0.1) is 0 Å². The molecule has 96 valence electrons. The smallest absolute Gasteiger partial charge is 0.201 e. The lowest BCUT2D eigenvalue weighted by molar-refractivity contribution is 0.259. The second-order valence-corrected chi connectivity index (χ2v) is 5.58. The van der Waals surface area contributed by atoms with Crippen LogP contribution in [-0.4, -0.2) is 14.5 Å². The van der Waals surface area contributed by atoms with Crippen molar-refractivity contribution < 1.29 is 0 Å². The molecule has 0 spiro atoms. The summed E-state index contributed by atoms with van der Waals surface area (Å²) in [6, 6.07) is 2.00. The molecule has 18 heavy (non-hydrogen) atoms. The van der Waals surface area contributed by atoms with Gasteiger partial charge in [-0.05, 0) is 30.7 Å². The summed E-state index contributed by atoms with van der Waals surface area (Å²) in [5.41, 5.74) is 8.04. The number of hydrogen-bond donors (Lipinski definition) is 1. The Bertz CT molecular complexity index is 546. The Kier molecular flexibility index (Phi) is 2.94. The van der Waals surface area contributed by atoms with Crippen molar-refractivity contribution in [3.05, 3.63) is 18.5 Å². The van der Waals surface area contributed by atoms with Crippen LogP contribution in [0.2, 0.25) is 0 Å². The molecule has 2 heterocycles. The van der Waals surface area contributed by atoms with Crippen LogP contribution >= 0.6 is 0 Å². The molecule has 0 saturated heterocycles. The van der Waals surface area contributed by atoms with Crippen LogP contribution < -0.4 is 5.73 Å². The number of rotatable bonds is 2. The van der Waals surface area contributed by atoms with Gasteiger partial charge in [0, 0.05) is 12.7 Å². The molecule has 2 atom stereocenters. The van der Waals surface area contributed by atoms with Gasteiger partial charge in [-0.1, -0.05) is 19.8 Å². The molecule has 1 aliphatic carbocycles. The lowest BCUT2D eigenvalue weighted by atomic mass is 9.82. The number of hydrogen-bond acceptors (Lipinski definition) is 3. The van der Waals surface area contributed by atoms with Crippen LogP contribution in [0, 0.1) is 11.8 Å². The van der Waals surface area contributed by atoms with Crippen LogP contribution in [0.25, 0.3) is 11.0 Å². The van der Waals surface area contributed by atoms with Crippen LogP contribution in [0.4, 0.5) is 5.95 Å². The molecule has 4 heteroatoms. The highest BCUT2D eigenvalue weighted by Crippen LogP contribution is 2.31. The summed E-state index contributed by atoms with van der Waals surface area (Å²) in [6.07, 6.45) is 8.94. The molecule has 2 N–H and O–H groups in total. The average Bonchev–Trinajstić information content (AvgIpc) is 2.66. The summed E-state index contributed by atoms with van der Waals surface area (Å²) in [6.45, 7) is 3.35. The number of nitrogen functional groups attached to an aromatic ring is 1. The molecule has 0 bridgehead atoms. The zero-order chi connectivity index (χ0) is 12.5. The predicted octanol–water partition coefficient (Wildman–Crippen LogP) is 2.84. The van der Waals surface area contributed by atoms with Crippen LogP contribution in [0.1, 0.15) is 32.6 Å². The van der Waals surface area contributed by atoms with Gasteiger partial charge in [-0.2, -0.15) is 0 Å². The van der Waals surface area contributed by atoms with E-state index < -0.39 is 0 Å². The van der Waals surface area contributed by atoms with Crippen LogP contribution in [0.3, 0.4) is 0 Å². The van der Waals surface area contributed by atoms with Crippen LogP contribution in [-0.2, 0) is 6.54 Å². The average molecular weight is 244 g/mol. The summed E-state index contributed by atoms with van der Waals surface area (Å²) < 4.78 is 2.15. The molecule has 0 radical (unpaired) electrons. The molecule has 1 aliphatic rings. The van der Waals surface area contributed by atoms with Gasteiger partial charge < -0.3 is 10.3 Å². The van der Waals surface area contributed by atoms with E-state index in [9.17, 15) is 0 Å². The molecular formula is C14H20N4. The maximum Gasteiger partial charge on any atom is 0.201 e. The fourth-order valence-corrected chi connectivity index (χ4v) is 3.18. The van der Waals surface area contributed by atoms with Gasteiger partial charge in [0.05, 0.1) is 11.7 Å². The third kappa shape index (κ3) is 2.07.